The molecule has 1 N–H and O–H groups in total. The lowest BCUT2D eigenvalue weighted by Crippen LogP contribution is -2.42. The van der Waals surface area contributed by atoms with Crippen molar-refractivity contribution < 1.29 is 14.4 Å². The van der Waals surface area contributed by atoms with Gasteiger partial charge in [-0.2, -0.15) is 0 Å². The smallest absolute Gasteiger partial charge is 0.278 e. The second-order valence-corrected chi connectivity index (χ2v) is 8.61. The number of hydrogen-bond donors (Lipinski definition) is 1. The fourth-order valence-electron chi connectivity index (χ4n) is 4.18. The maximum Gasteiger partial charge on any atom is 0.278 e. The van der Waals surface area contributed by atoms with Crippen molar-refractivity contribution in [3.8, 4) is 0 Å². The Labute approximate surface area is 192 Å². The second-order valence-electron chi connectivity index (χ2n) is 8.24. The molecule has 3 amide bonds. The van der Waals surface area contributed by atoms with Crippen molar-refractivity contribution in [2.75, 3.05) is 18.4 Å². The van der Waals surface area contributed by atoms with Crippen molar-refractivity contribution in [3.63, 3.8) is 0 Å². The standard InChI is InChI=1S/C25H26ClN3O3/c1-17-8-5-6-14-28(17)23(30)19-11-7-12-20(16-19)27-22-21(26)24(31)29(25(22)32)15-13-18-9-3-2-4-10-18/h2-4,7,9-12,16-17,27H,5-6,8,13-15H2,1H3. The Morgan fingerprint density at radius 1 is 1.06 bits per heavy atom. The highest BCUT2D eigenvalue weighted by Gasteiger charge is 2.37. The van der Waals surface area contributed by atoms with Crippen LogP contribution in [0.15, 0.2) is 65.3 Å². The molecule has 1 unspecified atom stereocenters. The predicted molar refractivity (Wildman–Crippen MR) is 124 cm³/mol. The predicted octanol–water partition coefficient (Wildman–Crippen LogP) is 4.18. The van der Waals surface area contributed by atoms with Crippen LogP contribution in [-0.2, 0) is 16.0 Å². The summed E-state index contributed by atoms with van der Waals surface area (Å²) < 4.78 is 0. The van der Waals surface area contributed by atoms with Crippen molar-refractivity contribution in [2.45, 2.75) is 38.6 Å². The van der Waals surface area contributed by atoms with Gasteiger partial charge in [-0.05, 0) is 56.4 Å². The molecule has 2 aliphatic heterocycles. The number of carbonyl (C=O) groups excluding carboxylic acids is 3. The zero-order valence-corrected chi connectivity index (χ0v) is 18.8. The van der Waals surface area contributed by atoms with Gasteiger partial charge in [0.1, 0.15) is 10.7 Å². The minimum Gasteiger partial charge on any atom is -0.350 e. The molecule has 1 atom stereocenters. The number of carbonyl (C=O) groups is 3. The lowest BCUT2D eigenvalue weighted by atomic mass is 10.0. The number of hydrogen-bond acceptors (Lipinski definition) is 4. The molecule has 0 saturated carbocycles. The van der Waals surface area contributed by atoms with Gasteiger partial charge < -0.3 is 10.2 Å². The van der Waals surface area contributed by atoms with Gasteiger partial charge in [-0.25, -0.2) is 0 Å². The number of anilines is 1. The number of piperidine rings is 1. The van der Waals surface area contributed by atoms with Gasteiger partial charge in [0.25, 0.3) is 17.7 Å². The highest BCUT2D eigenvalue weighted by molar-refractivity contribution is 6.48. The molecule has 0 aromatic heterocycles. The second kappa shape index (κ2) is 9.57. The van der Waals surface area contributed by atoms with Gasteiger partial charge in [-0.15, -0.1) is 0 Å². The van der Waals surface area contributed by atoms with Crippen LogP contribution in [0.2, 0.25) is 0 Å². The summed E-state index contributed by atoms with van der Waals surface area (Å²) in [7, 11) is 0. The van der Waals surface area contributed by atoms with E-state index in [2.05, 4.69) is 12.2 Å². The third-order valence-electron chi connectivity index (χ3n) is 6.02. The molecule has 0 spiro atoms. The summed E-state index contributed by atoms with van der Waals surface area (Å²) in [6.07, 6.45) is 3.69. The van der Waals surface area contributed by atoms with Gasteiger partial charge >= 0.3 is 0 Å². The topological polar surface area (TPSA) is 69.7 Å². The summed E-state index contributed by atoms with van der Waals surface area (Å²) in [4.78, 5) is 41.5. The van der Waals surface area contributed by atoms with Crippen LogP contribution in [-0.4, -0.2) is 46.7 Å². The Morgan fingerprint density at radius 2 is 1.84 bits per heavy atom. The maximum absolute atomic E-state index is 13.0. The highest BCUT2D eigenvalue weighted by Crippen LogP contribution is 2.27. The number of rotatable bonds is 6. The van der Waals surface area contributed by atoms with E-state index >= 15 is 0 Å². The lowest BCUT2D eigenvalue weighted by Gasteiger charge is -2.33. The van der Waals surface area contributed by atoms with E-state index in [-0.39, 0.29) is 29.2 Å². The molecule has 6 nitrogen and oxygen atoms in total. The van der Waals surface area contributed by atoms with Crippen LogP contribution in [0.3, 0.4) is 0 Å². The molecule has 1 fully saturated rings. The molecule has 0 bridgehead atoms. The molecular formula is C25H26ClN3O3. The Bertz CT molecular complexity index is 1070. The number of likely N-dealkylation sites (tertiary alicyclic amines) is 1. The molecule has 2 heterocycles. The first-order valence-corrected chi connectivity index (χ1v) is 11.3. The van der Waals surface area contributed by atoms with Crippen LogP contribution in [0, 0.1) is 0 Å². The van der Waals surface area contributed by atoms with E-state index in [0.717, 1.165) is 36.3 Å². The monoisotopic (exact) mass is 451 g/mol. The molecule has 2 aromatic rings. The molecule has 7 heteroatoms. The largest absolute Gasteiger partial charge is 0.350 e. The number of amides is 3. The van der Waals surface area contributed by atoms with E-state index in [0.29, 0.717) is 17.7 Å². The number of halogens is 1. The normalized spacial score (nSPS) is 19.0. The Morgan fingerprint density at radius 3 is 2.59 bits per heavy atom. The fraction of sp³-hybridized carbons (Fsp3) is 0.320. The molecule has 166 valence electrons. The van der Waals surface area contributed by atoms with Crippen LogP contribution in [0.25, 0.3) is 0 Å². The lowest BCUT2D eigenvalue weighted by molar-refractivity contribution is -0.137. The van der Waals surface area contributed by atoms with E-state index in [1.54, 1.807) is 24.3 Å². The van der Waals surface area contributed by atoms with E-state index < -0.39 is 11.8 Å². The third-order valence-corrected chi connectivity index (χ3v) is 6.37. The molecule has 1 saturated heterocycles. The van der Waals surface area contributed by atoms with Crippen molar-refractivity contribution in [1.82, 2.24) is 9.80 Å². The summed E-state index contributed by atoms with van der Waals surface area (Å²) in [5.41, 5.74) is 2.15. The van der Waals surface area contributed by atoms with Crippen LogP contribution in [0.4, 0.5) is 5.69 Å². The van der Waals surface area contributed by atoms with Crippen molar-refractivity contribution in [3.05, 3.63) is 76.5 Å². The Hall–Kier alpha value is -3.12. The van der Waals surface area contributed by atoms with E-state index in [4.69, 9.17) is 11.6 Å². The Balaban J connectivity index is 1.46. The summed E-state index contributed by atoms with van der Waals surface area (Å²) in [5.74, 6) is -0.999. The SMILES string of the molecule is CC1CCCCN1C(=O)c1cccc(NC2=C(Cl)C(=O)N(CCc3ccccc3)C2=O)c1. The number of nitrogens with zero attached hydrogens (tertiary/aromatic N) is 2. The maximum atomic E-state index is 13.0. The first kappa shape index (κ1) is 22.1. The summed E-state index contributed by atoms with van der Waals surface area (Å²) >= 11 is 6.22. The van der Waals surface area contributed by atoms with Crippen LogP contribution in [0.5, 0.6) is 0 Å². The zero-order chi connectivity index (χ0) is 22.7. The van der Waals surface area contributed by atoms with E-state index in [9.17, 15) is 14.4 Å². The molecule has 0 aliphatic carbocycles. The van der Waals surface area contributed by atoms with Gasteiger partial charge in [0.15, 0.2) is 0 Å². The minimum absolute atomic E-state index is 0.0285. The van der Waals surface area contributed by atoms with Crippen molar-refractivity contribution in [2.24, 2.45) is 0 Å². The van der Waals surface area contributed by atoms with Gasteiger partial charge in [-0.3, -0.25) is 19.3 Å². The van der Waals surface area contributed by atoms with E-state index in [1.165, 1.54) is 0 Å². The molecule has 2 aromatic carbocycles. The van der Waals surface area contributed by atoms with Crippen LogP contribution < -0.4 is 5.32 Å². The van der Waals surface area contributed by atoms with Crippen LogP contribution in [0.1, 0.15) is 42.1 Å². The number of nitrogens with one attached hydrogen (secondary N) is 1. The summed E-state index contributed by atoms with van der Waals surface area (Å²) in [5, 5.41) is 2.84. The third kappa shape index (κ3) is 4.55. The summed E-state index contributed by atoms with van der Waals surface area (Å²) in [6.45, 7) is 3.06. The quantitative estimate of drug-likeness (QED) is 0.669. The fourth-order valence-corrected chi connectivity index (χ4v) is 4.41. The van der Waals surface area contributed by atoms with Gasteiger partial charge in [0.2, 0.25) is 0 Å². The van der Waals surface area contributed by atoms with Gasteiger partial charge in [0.05, 0.1) is 0 Å². The van der Waals surface area contributed by atoms with Crippen molar-refractivity contribution >= 4 is 35.0 Å². The molecule has 4 rings (SSSR count). The average Bonchev–Trinajstić information content (AvgIpc) is 3.01. The minimum atomic E-state index is -0.510. The van der Waals surface area contributed by atoms with Crippen molar-refractivity contribution in [1.29, 1.82) is 0 Å². The number of imide groups is 1. The number of benzene rings is 2. The highest BCUT2D eigenvalue weighted by atomic mass is 35.5. The molecular weight excluding hydrogens is 426 g/mol. The first-order valence-electron chi connectivity index (χ1n) is 10.9. The molecule has 32 heavy (non-hydrogen) atoms. The van der Waals surface area contributed by atoms with E-state index in [1.807, 2.05) is 35.2 Å². The first-order chi connectivity index (χ1) is 15.5. The Kier molecular flexibility index (Phi) is 6.61. The molecule has 2 aliphatic rings. The average molecular weight is 452 g/mol. The van der Waals surface area contributed by atoms with Gasteiger partial charge in [0, 0.05) is 30.4 Å². The van der Waals surface area contributed by atoms with Gasteiger partial charge in [-0.1, -0.05) is 48.0 Å². The summed E-state index contributed by atoms with van der Waals surface area (Å²) in [6, 6.07) is 16.8. The zero-order valence-electron chi connectivity index (χ0n) is 18.0. The van der Waals surface area contributed by atoms with Crippen LogP contribution >= 0.6 is 11.6 Å². The molecule has 0 radical (unpaired) electrons.